The van der Waals surface area contributed by atoms with Crippen LogP contribution in [0.15, 0.2) is 36.5 Å². The van der Waals surface area contributed by atoms with E-state index in [1.165, 1.54) is 0 Å². The molecule has 1 heterocycles. The molecule has 1 aromatic carbocycles. The van der Waals surface area contributed by atoms with E-state index in [0.29, 0.717) is 17.6 Å². The lowest BCUT2D eigenvalue weighted by Crippen LogP contribution is -2.10. The molecule has 0 unspecified atom stereocenters. The third kappa shape index (κ3) is 2.82. The first-order valence-electron chi connectivity index (χ1n) is 4.93. The molecule has 0 atom stereocenters. The predicted molar refractivity (Wildman–Crippen MR) is 62.9 cm³/mol. The van der Waals surface area contributed by atoms with Crippen molar-refractivity contribution in [3.05, 3.63) is 36.5 Å². The Morgan fingerprint density at radius 2 is 1.82 bits per heavy atom. The molecular weight excluding hydrogens is 220 g/mol. The number of nitrogens with one attached hydrogen (secondary N) is 1. The van der Waals surface area contributed by atoms with Crippen molar-refractivity contribution in [1.82, 2.24) is 9.97 Å². The summed E-state index contributed by atoms with van der Waals surface area (Å²) in [5.41, 5.74) is 2.35. The Labute approximate surface area is 98.4 Å². The lowest BCUT2D eigenvalue weighted by molar-refractivity contribution is 0.412. The molecule has 6 nitrogen and oxygen atoms in total. The smallest absolute Gasteiger partial charge is 0.240 e. The van der Waals surface area contributed by atoms with Gasteiger partial charge in [-0.15, -0.1) is 0 Å². The van der Waals surface area contributed by atoms with Gasteiger partial charge in [0.2, 0.25) is 11.8 Å². The molecule has 2 rings (SSSR count). The van der Waals surface area contributed by atoms with Crippen molar-refractivity contribution >= 4 is 5.95 Å². The Balaban J connectivity index is 2.13. The van der Waals surface area contributed by atoms with Crippen molar-refractivity contribution in [3.8, 4) is 17.4 Å². The number of nitrogens with zero attached hydrogens (tertiary/aromatic N) is 2. The number of rotatable bonds is 4. The van der Waals surface area contributed by atoms with Crippen LogP contribution in [0.2, 0.25) is 0 Å². The molecule has 0 aliphatic carbocycles. The Bertz CT molecular complexity index is 487. The summed E-state index contributed by atoms with van der Waals surface area (Å²) in [5, 5.41) is 0. The van der Waals surface area contributed by atoms with Crippen molar-refractivity contribution in [2.45, 2.75) is 0 Å². The summed E-state index contributed by atoms with van der Waals surface area (Å²) in [7, 11) is 1.61. The maximum atomic E-state index is 5.52. The van der Waals surface area contributed by atoms with Gasteiger partial charge in [0.05, 0.1) is 7.11 Å². The van der Waals surface area contributed by atoms with E-state index in [0.717, 1.165) is 5.75 Å². The number of nitrogen functional groups attached to an aromatic ring is 1. The molecule has 0 radical (unpaired) electrons. The highest BCUT2D eigenvalue weighted by molar-refractivity contribution is 5.34. The Morgan fingerprint density at radius 3 is 2.47 bits per heavy atom. The molecule has 17 heavy (non-hydrogen) atoms. The summed E-state index contributed by atoms with van der Waals surface area (Å²) in [5.74, 6) is 7.35. The second-order valence-corrected chi connectivity index (χ2v) is 3.14. The monoisotopic (exact) mass is 232 g/mol. The fourth-order valence-corrected chi connectivity index (χ4v) is 1.23. The molecule has 88 valence electrons. The molecule has 6 heteroatoms. The lowest BCUT2D eigenvalue weighted by atomic mass is 10.3. The van der Waals surface area contributed by atoms with Crippen molar-refractivity contribution in [2.75, 3.05) is 12.5 Å². The predicted octanol–water partition coefficient (Wildman–Crippen LogP) is 1.56. The summed E-state index contributed by atoms with van der Waals surface area (Å²) in [6.45, 7) is 0. The Hall–Kier alpha value is -2.34. The van der Waals surface area contributed by atoms with Gasteiger partial charge in [-0.05, 0) is 24.3 Å². The van der Waals surface area contributed by atoms with Gasteiger partial charge in [-0.3, -0.25) is 5.43 Å². The summed E-state index contributed by atoms with van der Waals surface area (Å²) in [4.78, 5) is 7.91. The summed E-state index contributed by atoms with van der Waals surface area (Å²) < 4.78 is 10.6. The van der Waals surface area contributed by atoms with E-state index in [1.807, 2.05) is 0 Å². The van der Waals surface area contributed by atoms with Crippen molar-refractivity contribution in [3.63, 3.8) is 0 Å². The first kappa shape index (κ1) is 11.2. The third-order valence-corrected chi connectivity index (χ3v) is 2.04. The quantitative estimate of drug-likeness (QED) is 0.615. The number of methoxy groups -OCH3 is 1. The second kappa shape index (κ2) is 5.13. The largest absolute Gasteiger partial charge is 0.497 e. The fourth-order valence-electron chi connectivity index (χ4n) is 1.23. The van der Waals surface area contributed by atoms with Crippen LogP contribution >= 0.6 is 0 Å². The molecule has 3 N–H and O–H groups in total. The molecule has 1 aromatic heterocycles. The van der Waals surface area contributed by atoms with E-state index in [9.17, 15) is 0 Å². The average Bonchev–Trinajstić information content (AvgIpc) is 2.40. The first-order chi connectivity index (χ1) is 8.31. The standard InChI is InChI=1S/C11H12N4O2/c1-16-8-2-4-9(5-3-8)17-10-6-7-13-11(14-10)15-12/h2-7H,12H2,1H3,(H,13,14,15). The first-order valence-corrected chi connectivity index (χ1v) is 4.93. The molecule has 0 saturated carbocycles. The zero-order chi connectivity index (χ0) is 12.1. The van der Waals surface area contributed by atoms with E-state index in [2.05, 4.69) is 15.4 Å². The molecule has 0 aliphatic heterocycles. The van der Waals surface area contributed by atoms with Crippen molar-refractivity contribution in [2.24, 2.45) is 5.84 Å². The van der Waals surface area contributed by atoms with Gasteiger partial charge in [0.1, 0.15) is 11.5 Å². The van der Waals surface area contributed by atoms with E-state index in [4.69, 9.17) is 15.3 Å². The third-order valence-electron chi connectivity index (χ3n) is 2.04. The van der Waals surface area contributed by atoms with Gasteiger partial charge < -0.3 is 9.47 Å². The molecule has 0 bridgehead atoms. The maximum absolute atomic E-state index is 5.52. The molecule has 0 spiro atoms. The fraction of sp³-hybridized carbons (Fsp3) is 0.0909. The van der Waals surface area contributed by atoms with Gasteiger partial charge in [-0.2, -0.15) is 4.98 Å². The van der Waals surface area contributed by atoms with Gasteiger partial charge in [0.25, 0.3) is 0 Å². The Kier molecular flexibility index (Phi) is 3.37. The molecule has 2 aromatic rings. The van der Waals surface area contributed by atoms with Crippen LogP contribution in [-0.4, -0.2) is 17.1 Å². The van der Waals surface area contributed by atoms with Gasteiger partial charge in [0, 0.05) is 12.3 Å². The number of ether oxygens (including phenoxy) is 2. The second-order valence-electron chi connectivity index (χ2n) is 3.14. The van der Waals surface area contributed by atoms with Crippen LogP contribution in [0.5, 0.6) is 17.4 Å². The van der Waals surface area contributed by atoms with E-state index in [1.54, 1.807) is 43.6 Å². The van der Waals surface area contributed by atoms with E-state index < -0.39 is 0 Å². The van der Waals surface area contributed by atoms with Crippen LogP contribution in [0.1, 0.15) is 0 Å². The van der Waals surface area contributed by atoms with E-state index in [-0.39, 0.29) is 0 Å². The molecular formula is C11H12N4O2. The van der Waals surface area contributed by atoms with Crippen LogP contribution in [0.25, 0.3) is 0 Å². The molecule has 0 aliphatic rings. The molecule has 0 saturated heterocycles. The SMILES string of the molecule is COc1ccc(Oc2ccnc(NN)n2)cc1. The minimum atomic E-state index is 0.302. The topological polar surface area (TPSA) is 82.3 Å². The minimum absolute atomic E-state index is 0.302. The van der Waals surface area contributed by atoms with Crippen molar-refractivity contribution < 1.29 is 9.47 Å². The van der Waals surface area contributed by atoms with Crippen LogP contribution in [-0.2, 0) is 0 Å². The number of hydrogen-bond acceptors (Lipinski definition) is 6. The normalized spacial score (nSPS) is 9.76. The van der Waals surface area contributed by atoms with Gasteiger partial charge in [-0.25, -0.2) is 10.8 Å². The van der Waals surface area contributed by atoms with E-state index >= 15 is 0 Å². The number of hydrazine groups is 1. The molecule has 0 fully saturated rings. The number of anilines is 1. The van der Waals surface area contributed by atoms with Gasteiger partial charge in [-0.1, -0.05) is 0 Å². The Morgan fingerprint density at radius 1 is 1.12 bits per heavy atom. The van der Waals surface area contributed by atoms with Crippen LogP contribution < -0.4 is 20.7 Å². The average molecular weight is 232 g/mol. The van der Waals surface area contributed by atoms with Crippen LogP contribution in [0.4, 0.5) is 5.95 Å². The highest BCUT2D eigenvalue weighted by Gasteiger charge is 2.01. The zero-order valence-corrected chi connectivity index (χ0v) is 9.25. The number of aromatic nitrogens is 2. The highest BCUT2D eigenvalue weighted by Crippen LogP contribution is 2.22. The van der Waals surface area contributed by atoms with Crippen molar-refractivity contribution in [1.29, 1.82) is 0 Å². The van der Waals surface area contributed by atoms with Crippen LogP contribution in [0, 0.1) is 0 Å². The highest BCUT2D eigenvalue weighted by atomic mass is 16.5. The number of nitrogens with two attached hydrogens (primary N) is 1. The molecule has 0 amide bonds. The van der Waals surface area contributed by atoms with Gasteiger partial charge >= 0.3 is 0 Å². The maximum Gasteiger partial charge on any atom is 0.240 e. The number of benzene rings is 1. The summed E-state index contributed by atoms with van der Waals surface area (Å²) >= 11 is 0. The number of hydrogen-bond donors (Lipinski definition) is 2. The summed E-state index contributed by atoms with van der Waals surface area (Å²) in [6.07, 6.45) is 1.56. The van der Waals surface area contributed by atoms with Crippen LogP contribution in [0.3, 0.4) is 0 Å². The zero-order valence-electron chi connectivity index (χ0n) is 9.25. The van der Waals surface area contributed by atoms with Gasteiger partial charge in [0.15, 0.2) is 0 Å². The summed E-state index contributed by atoms with van der Waals surface area (Å²) in [6, 6.07) is 8.83. The minimum Gasteiger partial charge on any atom is -0.497 e. The lowest BCUT2D eigenvalue weighted by Gasteiger charge is -2.06.